The summed E-state index contributed by atoms with van der Waals surface area (Å²) in [5.41, 5.74) is 2.97. The van der Waals surface area contributed by atoms with Gasteiger partial charge in [-0.15, -0.1) is 0 Å². The van der Waals surface area contributed by atoms with Gasteiger partial charge in [-0.3, -0.25) is 4.79 Å². The van der Waals surface area contributed by atoms with Crippen LogP contribution in [0.2, 0.25) is 0 Å². The Morgan fingerprint density at radius 2 is 1.75 bits per heavy atom. The Balaban J connectivity index is 1.46. The largest absolute Gasteiger partial charge is 0.497 e. The van der Waals surface area contributed by atoms with Crippen molar-refractivity contribution in [1.82, 2.24) is 10.2 Å². The van der Waals surface area contributed by atoms with E-state index >= 15 is 0 Å². The zero-order valence-corrected chi connectivity index (χ0v) is 17.2. The predicted octanol–water partition coefficient (Wildman–Crippen LogP) is 3.85. The molecule has 0 aliphatic carbocycles. The Morgan fingerprint density at radius 1 is 1.11 bits per heavy atom. The predicted molar refractivity (Wildman–Crippen MR) is 117 cm³/mol. The summed E-state index contributed by atoms with van der Waals surface area (Å²) in [5, 5.41) is 7.18. The summed E-state index contributed by atoms with van der Waals surface area (Å²) in [5.74, 6) is 0.702. The van der Waals surface area contributed by atoms with E-state index in [0.29, 0.717) is 5.56 Å². The molecule has 2 aromatic carbocycles. The van der Waals surface area contributed by atoms with E-state index in [1.54, 1.807) is 31.4 Å². The Kier molecular flexibility index (Phi) is 6.87. The second-order valence-electron chi connectivity index (χ2n) is 6.94. The van der Waals surface area contributed by atoms with Gasteiger partial charge in [0, 0.05) is 30.4 Å². The molecule has 148 valence electrons. The zero-order chi connectivity index (χ0) is 19.9. The number of methoxy groups -OCH3 is 1. The Hall–Kier alpha value is -2.60. The molecule has 1 aliphatic heterocycles. The first-order chi connectivity index (χ1) is 13.6. The number of amides is 1. The first kappa shape index (κ1) is 20.1. The Labute approximate surface area is 172 Å². The average molecular weight is 398 g/mol. The van der Waals surface area contributed by atoms with Crippen LogP contribution < -0.4 is 15.4 Å². The molecule has 0 unspecified atom stereocenters. The quantitative estimate of drug-likeness (QED) is 0.751. The number of benzene rings is 2. The first-order valence-electron chi connectivity index (χ1n) is 9.69. The van der Waals surface area contributed by atoms with Crippen molar-refractivity contribution < 1.29 is 9.53 Å². The van der Waals surface area contributed by atoms with Gasteiger partial charge < -0.3 is 20.3 Å². The molecule has 1 heterocycles. The number of rotatable bonds is 5. The van der Waals surface area contributed by atoms with Crippen molar-refractivity contribution in [2.75, 3.05) is 25.5 Å². The van der Waals surface area contributed by atoms with Crippen LogP contribution >= 0.6 is 12.2 Å². The highest BCUT2D eigenvalue weighted by Gasteiger charge is 2.22. The SMILES string of the molecule is CCc1ccc(NC(=S)N2CCC(NC(=O)c3ccc(OC)cc3)CC2)cc1. The fourth-order valence-corrected chi connectivity index (χ4v) is 3.56. The van der Waals surface area contributed by atoms with E-state index in [4.69, 9.17) is 17.0 Å². The van der Waals surface area contributed by atoms with Crippen molar-refractivity contribution in [3.63, 3.8) is 0 Å². The summed E-state index contributed by atoms with van der Waals surface area (Å²) in [4.78, 5) is 14.6. The molecule has 1 fully saturated rings. The van der Waals surface area contributed by atoms with Gasteiger partial charge in [-0.2, -0.15) is 0 Å². The second-order valence-corrected chi connectivity index (χ2v) is 7.33. The molecule has 0 aromatic heterocycles. The van der Waals surface area contributed by atoms with E-state index in [1.165, 1.54) is 5.56 Å². The highest BCUT2D eigenvalue weighted by Crippen LogP contribution is 2.16. The molecular weight excluding hydrogens is 370 g/mol. The number of hydrogen-bond acceptors (Lipinski definition) is 3. The van der Waals surface area contributed by atoms with Crippen LogP contribution in [0.15, 0.2) is 48.5 Å². The molecule has 2 aromatic rings. The molecule has 2 N–H and O–H groups in total. The Bertz CT molecular complexity index is 798. The minimum absolute atomic E-state index is 0.0437. The van der Waals surface area contributed by atoms with Crippen molar-refractivity contribution in [3.8, 4) is 5.75 Å². The number of likely N-dealkylation sites (tertiary alicyclic amines) is 1. The van der Waals surface area contributed by atoms with Gasteiger partial charge in [0.05, 0.1) is 7.11 Å². The molecule has 0 saturated carbocycles. The molecule has 6 heteroatoms. The van der Waals surface area contributed by atoms with Crippen LogP contribution in [0.5, 0.6) is 5.75 Å². The van der Waals surface area contributed by atoms with E-state index < -0.39 is 0 Å². The Morgan fingerprint density at radius 3 is 2.32 bits per heavy atom. The lowest BCUT2D eigenvalue weighted by Crippen LogP contribution is -2.47. The van der Waals surface area contributed by atoms with Crippen molar-refractivity contribution in [2.45, 2.75) is 32.2 Å². The number of nitrogens with zero attached hydrogens (tertiary/aromatic N) is 1. The number of piperidine rings is 1. The minimum atomic E-state index is -0.0437. The van der Waals surface area contributed by atoms with Gasteiger partial charge >= 0.3 is 0 Å². The normalized spacial score (nSPS) is 14.4. The van der Waals surface area contributed by atoms with Crippen LogP contribution in [0.25, 0.3) is 0 Å². The lowest BCUT2D eigenvalue weighted by molar-refractivity contribution is 0.0922. The number of aryl methyl sites for hydroxylation is 1. The monoisotopic (exact) mass is 397 g/mol. The standard InChI is InChI=1S/C22H27N3O2S/c1-3-16-4-8-18(9-5-16)24-22(28)25-14-12-19(13-15-25)23-21(26)17-6-10-20(27-2)11-7-17/h4-11,19H,3,12-15H2,1-2H3,(H,23,26)(H,24,28). The summed E-state index contributed by atoms with van der Waals surface area (Å²) in [6.07, 6.45) is 2.78. The van der Waals surface area contributed by atoms with Crippen molar-refractivity contribution >= 4 is 28.9 Å². The summed E-state index contributed by atoms with van der Waals surface area (Å²) in [7, 11) is 1.61. The summed E-state index contributed by atoms with van der Waals surface area (Å²) in [6.45, 7) is 3.80. The lowest BCUT2D eigenvalue weighted by Gasteiger charge is -2.34. The number of carbonyl (C=O) groups excluding carboxylic acids is 1. The average Bonchev–Trinajstić information content (AvgIpc) is 2.74. The van der Waals surface area contributed by atoms with Gasteiger partial charge in [0.1, 0.15) is 5.75 Å². The molecule has 1 amide bonds. The number of hydrogen-bond donors (Lipinski definition) is 2. The first-order valence-corrected chi connectivity index (χ1v) is 10.1. The number of carbonyl (C=O) groups is 1. The second kappa shape index (κ2) is 9.55. The maximum atomic E-state index is 12.4. The van der Waals surface area contributed by atoms with E-state index in [1.807, 2.05) is 0 Å². The number of thiocarbonyl (C=S) groups is 1. The third-order valence-electron chi connectivity index (χ3n) is 5.08. The molecule has 3 rings (SSSR count). The molecule has 1 aliphatic rings. The third-order valence-corrected chi connectivity index (χ3v) is 5.44. The molecule has 5 nitrogen and oxygen atoms in total. The molecule has 0 atom stereocenters. The number of ether oxygens (including phenoxy) is 1. The van der Waals surface area contributed by atoms with Crippen LogP contribution in [0.4, 0.5) is 5.69 Å². The molecule has 0 bridgehead atoms. The van der Waals surface area contributed by atoms with Crippen LogP contribution in [-0.4, -0.2) is 42.2 Å². The molecule has 28 heavy (non-hydrogen) atoms. The summed E-state index contributed by atoms with van der Waals surface area (Å²) in [6, 6.07) is 15.7. The van der Waals surface area contributed by atoms with Crippen molar-refractivity contribution in [2.24, 2.45) is 0 Å². The van der Waals surface area contributed by atoms with Gasteiger partial charge in [0.15, 0.2) is 5.11 Å². The topological polar surface area (TPSA) is 53.6 Å². The molecular formula is C22H27N3O2S. The third kappa shape index (κ3) is 5.23. The van der Waals surface area contributed by atoms with E-state index in [0.717, 1.165) is 48.9 Å². The zero-order valence-electron chi connectivity index (χ0n) is 16.4. The van der Waals surface area contributed by atoms with Gasteiger partial charge in [-0.1, -0.05) is 19.1 Å². The fourth-order valence-electron chi connectivity index (χ4n) is 3.26. The van der Waals surface area contributed by atoms with Gasteiger partial charge in [-0.25, -0.2) is 0 Å². The van der Waals surface area contributed by atoms with Gasteiger partial charge in [0.25, 0.3) is 5.91 Å². The van der Waals surface area contributed by atoms with Gasteiger partial charge in [-0.05, 0) is 73.4 Å². The summed E-state index contributed by atoms with van der Waals surface area (Å²) < 4.78 is 5.13. The number of anilines is 1. The maximum Gasteiger partial charge on any atom is 0.251 e. The van der Waals surface area contributed by atoms with E-state index in [-0.39, 0.29) is 11.9 Å². The van der Waals surface area contributed by atoms with Gasteiger partial charge in [0.2, 0.25) is 0 Å². The lowest BCUT2D eigenvalue weighted by atomic mass is 10.0. The van der Waals surface area contributed by atoms with Crippen molar-refractivity contribution in [1.29, 1.82) is 0 Å². The highest BCUT2D eigenvalue weighted by molar-refractivity contribution is 7.80. The summed E-state index contributed by atoms with van der Waals surface area (Å²) >= 11 is 5.56. The molecule has 1 saturated heterocycles. The van der Waals surface area contributed by atoms with Crippen LogP contribution in [-0.2, 0) is 6.42 Å². The smallest absolute Gasteiger partial charge is 0.251 e. The molecule has 0 radical (unpaired) electrons. The maximum absolute atomic E-state index is 12.4. The number of nitrogens with one attached hydrogen (secondary N) is 2. The molecule has 0 spiro atoms. The van der Waals surface area contributed by atoms with E-state index in [2.05, 4.69) is 46.7 Å². The highest BCUT2D eigenvalue weighted by atomic mass is 32.1. The van der Waals surface area contributed by atoms with E-state index in [9.17, 15) is 4.79 Å². The minimum Gasteiger partial charge on any atom is -0.497 e. The van der Waals surface area contributed by atoms with Crippen LogP contribution in [0.3, 0.4) is 0 Å². The van der Waals surface area contributed by atoms with Crippen LogP contribution in [0.1, 0.15) is 35.7 Å². The fraction of sp³-hybridized carbons (Fsp3) is 0.364. The van der Waals surface area contributed by atoms with Crippen LogP contribution in [0, 0.1) is 0 Å². The van der Waals surface area contributed by atoms with Crippen molar-refractivity contribution in [3.05, 3.63) is 59.7 Å².